The monoisotopic (exact) mass is 479 g/mol. The molecule has 0 atom stereocenters. The predicted molar refractivity (Wildman–Crippen MR) is 123 cm³/mol. The van der Waals surface area contributed by atoms with Gasteiger partial charge in [-0.3, -0.25) is 0 Å². The Hall–Kier alpha value is -2.25. The summed E-state index contributed by atoms with van der Waals surface area (Å²) in [4.78, 5) is 0.414. The molecule has 0 amide bonds. The maximum absolute atomic E-state index is 13.3. The number of sulfone groups is 1. The van der Waals surface area contributed by atoms with Gasteiger partial charge in [0.1, 0.15) is 23.0 Å². The molecule has 0 bridgehead atoms. The van der Waals surface area contributed by atoms with Crippen LogP contribution in [0.1, 0.15) is 16.7 Å². The molecule has 3 aromatic rings. The van der Waals surface area contributed by atoms with Gasteiger partial charge in [0, 0.05) is 11.6 Å². The number of hydrogen-bond acceptors (Lipinski definition) is 5. The van der Waals surface area contributed by atoms with E-state index in [2.05, 4.69) is 5.32 Å². The molecule has 0 spiro atoms. The smallest absolute Gasteiger partial charge is 0.210 e. The van der Waals surface area contributed by atoms with E-state index < -0.39 is 9.84 Å². The van der Waals surface area contributed by atoms with Crippen LogP contribution in [0.2, 0.25) is 5.02 Å². The van der Waals surface area contributed by atoms with Crippen molar-refractivity contribution in [2.45, 2.75) is 29.4 Å². The SMILES string of the molecule is COc1cc2c(cc1S(=O)(=O)c1ccc(COc3ccc(Cl)cc3)cc1)CNCC2.Cl. The second-order valence-corrected chi connectivity index (χ2v) is 9.44. The van der Waals surface area contributed by atoms with Crippen molar-refractivity contribution in [2.75, 3.05) is 13.7 Å². The molecule has 8 heteroatoms. The summed E-state index contributed by atoms with van der Waals surface area (Å²) in [5, 5.41) is 3.92. The maximum atomic E-state index is 13.3. The summed E-state index contributed by atoms with van der Waals surface area (Å²) in [7, 11) is -2.21. The molecule has 1 aliphatic rings. The Bertz CT molecular complexity index is 1150. The number of nitrogens with one attached hydrogen (secondary N) is 1. The largest absolute Gasteiger partial charge is 0.495 e. The van der Waals surface area contributed by atoms with Crippen LogP contribution in [0.5, 0.6) is 11.5 Å². The van der Waals surface area contributed by atoms with Gasteiger partial charge >= 0.3 is 0 Å². The van der Waals surface area contributed by atoms with Crippen LogP contribution >= 0.6 is 24.0 Å². The van der Waals surface area contributed by atoms with Gasteiger partial charge in [0.15, 0.2) is 0 Å². The fourth-order valence-electron chi connectivity index (χ4n) is 3.45. The van der Waals surface area contributed by atoms with Gasteiger partial charge < -0.3 is 14.8 Å². The highest BCUT2D eigenvalue weighted by Crippen LogP contribution is 2.33. The molecule has 0 radical (unpaired) electrons. The molecule has 0 unspecified atom stereocenters. The van der Waals surface area contributed by atoms with Gasteiger partial charge in [0.25, 0.3) is 0 Å². The summed E-state index contributed by atoms with van der Waals surface area (Å²) in [5.74, 6) is 1.08. The van der Waals surface area contributed by atoms with Crippen LogP contribution in [0.25, 0.3) is 0 Å². The average Bonchev–Trinajstić information content (AvgIpc) is 2.78. The predicted octanol–water partition coefficient (Wildman–Crippen LogP) is 4.83. The number of hydrogen-bond donors (Lipinski definition) is 1. The molecule has 0 aromatic heterocycles. The Morgan fingerprint density at radius 2 is 1.71 bits per heavy atom. The van der Waals surface area contributed by atoms with Crippen molar-refractivity contribution in [3.05, 3.63) is 82.4 Å². The van der Waals surface area contributed by atoms with Gasteiger partial charge in [-0.05, 0) is 78.2 Å². The van der Waals surface area contributed by atoms with E-state index in [-0.39, 0.29) is 22.2 Å². The lowest BCUT2D eigenvalue weighted by Crippen LogP contribution is -2.24. The van der Waals surface area contributed by atoms with Gasteiger partial charge in [0.05, 0.1) is 12.0 Å². The van der Waals surface area contributed by atoms with E-state index in [9.17, 15) is 8.42 Å². The quantitative estimate of drug-likeness (QED) is 0.548. The first-order valence-corrected chi connectivity index (χ1v) is 11.5. The lowest BCUT2D eigenvalue weighted by molar-refractivity contribution is 0.306. The molecular weight excluding hydrogens is 457 g/mol. The molecule has 164 valence electrons. The van der Waals surface area contributed by atoms with Crippen LogP contribution in [-0.4, -0.2) is 22.1 Å². The zero-order valence-corrected chi connectivity index (χ0v) is 19.3. The minimum atomic E-state index is -3.71. The second-order valence-electron chi connectivity index (χ2n) is 7.09. The Kier molecular flexibility index (Phi) is 7.49. The van der Waals surface area contributed by atoms with E-state index in [4.69, 9.17) is 21.1 Å². The number of methoxy groups -OCH3 is 1. The summed E-state index contributed by atoms with van der Waals surface area (Å²) in [5.41, 5.74) is 2.98. The van der Waals surface area contributed by atoms with E-state index in [0.717, 1.165) is 29.7 Å². The molecule has 1 aliphatic heterocycles. The highest BCUT2D eigenvalue weighted by molar-refractivity contribution is 7.91. The summed E-state index contributed by atoms with van der Waals surface area (Å²) in [6.07, 6.45) is 0.855. The zero-order valence-electron chi connectivity index (χ0n) is 16.9. The molecule has 31 heavy (non-hydrogen) atoms. The van der Waals surface area contributed by atoms with Crippen molar-refractivity contribution < 1.29 is 17.9 Å². The van der Waals surface area contributed by atoms with Gasteiger partial charge in [-0.25, -0.2) is 8.42 Å². The van der Waals surface area contributed by atoms with Gasteiger partial charge in [-0.15, -0.1) is 12.4 Å². The zero-order chi connectivity index (χ0) is 21.1. The summed E-state index contributed by atoms with van der Waals surface area (Å²) < 4.78 is 37.7. The van der Waals surface area contributed by atoms with Crippen molar-refractivity contribution in [3.63, 3.8) is 0 Å². The van der Waals surface area contributed by atoms with Crippen LogP contribution < -0.4 is 14.8 Å². The first-order valence-electron chi connectivity index (χ1n) is 9.60. The lowest BCUT2D eigenvalue weighted by atomic mass is 10.0. The van der Waals surface area contributed by atoms with Gasteiger partial charge in [-0.1, -0.05) is 23.7 Å². The lowest BCUT2D eigenvalue weighted by Gasteiger charge is -2.20. The molecular formula is C23H23Cl2NO4S. The van der Waals surface area contributed by atoms with E-state index in [1.807, 2.05) is 6.07 Å². The molecule has 4 rings (SSSR count). The van der Waals surface area contributed by atoms with Crippen molar-refractivity contribution >= 4 is 33.8 Å². The molecule has 0 fully saturated rings. The summed E-state index contributed by atoms with van der Waals surface area (Å²) >= 11 is 5.88. The van der Waals surface area contributed by atoms with Crippen molar-refractivity contribution in [3.8, 4) is 11.5 Å². The Morgan fingerprint density at radius 1 is 1.00 bits per heavy atom. The molecule has 0 aliphatic carbocycles. The minimum absolute atomic E-state index is 0. The fraction of sp³-hybridized carbons (Fsp3) is 0.217. The third-order valence-corrected chi connectivity index (χ3v) is 7.16. The number of fused-ring (bicyclic) bond motifs is 1. The topological polar surface area (TPSA) is 64.6 Å². The Labute approximate surface area is 193 Å². The van der Waals surface area contributed by atoms with Crippen molar-refractivity contribution in [2.24, 2.45) is 0 Å². The van der Waals surface area contributed by atoms with E-state index in [1.165, 1.54) is 7.11 Å². The Balaban J connectivity index is 0.00000272. The standard InChI is InChI=1S/C23H22ClNO4S.ClH/c1-28-22-12-17-10-11-25-14-18(17)13-23(22)30(26,27)21-8-2-16(3-9-21)15-29-20-6-4-19(24)5-7-20;/h2-9,12-13,25H,10-11,14-15H2,1H3;1H. The van der Waals surface area contributed by atoms with Crippen LogP contribution in [0.4, 0.5) is 0 Å². The average molecular weight is 480 g/mol. The first kappa shape index (κ1) is 23.4. The van der Waals surface area contributed by atoms with Crippen LogP contribution in [0.15, 0.2) is 70.5 Å². The van der Waals surface area contributed by atoms with Crippen molar-refractivity contribution in [1.29, 1.82) is 0 Å². The van der Waals surface area contributed by atoms with Crippen molar-refractivity contribution in [1.82, 2.24) is 5.32 Å². The second kappa shape index (κ2) is 9.92. The molecule has 1 N–H and O–H groups in total. The van der Waals surface area contributed by atoms with Crippen LogP contribution in [-0.2, 0) is 29.4 Å². The highest BCUT2D eigenvalue weighted by atomic mass is 35.5. The van der Waals surface area contributed by atoms with Gasteiger partial charge in [-0.2, -0.15) is 0 Å². The maximum Gasteiger partial charge on any atom is 0.210 e. The third-order valence-electron chi connectivity index (χ3n) is 5.11. The van der Waals surface area contributed by atoms with E-state index in [0.29, 0.717) is 29.7 Å². The third kappa shape index (κ3) is 5.15. The summed E-state index contributed by atoms with van der Waals surface area (Å²) in [6, 6.07) is 17.4. The number of rotatable bonds is 6. The number of ether oxygens (including phenoxy) is 2. The summed E-state index contributed by atoms with van der Waals surface area (Å²) in [6.45, 7) is 1.86. The number of benzene rings is 3. The fourth-order valence-corrected chi connectivity index (χ4v) is 5.03. The van der Waals surface area contributed by atoms with Crippen LogP contribution in [0.3, 0.4) is 0 Å². The Morgan fingerprint density at radius 3 is 2.39 bits per heavy atom. The molecule has 0 saturated heterocycles. The minimum Gasteiger partial charge on any atom is -0.495 e. The normalized spacial score (nSPS) is 13.1. The van der Waals surface area contributed by atoms with E-state index >= 15 is 0 Å². The van der Waals surface area contributed by atoms with Crippen LogP contribution in [0, 0.1) is 0 Å². The molecule has 1 heterocycles. The van der Waals surface area contributed by atoms with E-state index in [1.54, 1.807) is 54.6 Å². The van der Waals surface area contributed by atoms with Gasteiger partial charge in [0.2, 0.25) is 9.84 Å². The molecule has 0 saturated carbocycles. The first-order chi connectivity index (χ1) is 14.5. The highest BCUT2D eigenvalue weighted by Gasteiger charge is 2.25. The molecule has 3 aromatic carbocycles. The molecule has 5 nitrogen and oxygen atoms in total. The number of halogens is 2.